The van der Waals surface area contributed by atoms with Gasteiger partial charge in [-0.3, -0.25) is 5.84 Å². The number of nitrogens with two attached hydrogens (primary N) is 1. The minimum Gasteiger partial charge on any atom is -0.459 e. The number of halogens is 1. The van der Waals surface area contributed by atoms with Crippen LogP contribution in [0.15, 0.2) is 59.0 Å². The molecule has 0 aliphatic carbocycles. The van der Waals surface area contributed by atoms with Gasteiger partial charge in [0.15, 0.2) is 0 Å². The minimum atomic E-state index is -0.263. The minimum absolute atomic E-state index is 0.263. The molecule has 3 aromatic rings. The summed E-state index contributed by atoms with van der Waals surface area (Å²) in [4.78, 5) is 0. The van der Waals surface area contributed by atoms with Gasteiger partial charge >= 0.3 is 0 Å². The Morgan fingerprint density at radius 1 is 1.05 bits per heavy atom. The van der Waals surface area contributed by atoms with Crippen LogP contribution in [-0.2, 0) is 0 Å². The van der Waals surface area contributed by atoms with E-state index in [0.717, 1.165) is 22.3 Å². The molecule has 1 unspecified atom stereocenters. The first kappa shape index (κ1) is 12.2. The van der Waals surface area contributed by atoms with E-state index in [9.17, 15) is 0 Å². The summed E-state index contributed by atoms with van der Waals surface area (Å²) >= 11 is 6.21. The van der Waals surface area contributed by atoms with Gasteiger partial charge in [-0.25, -0.2) is 5.43 Å². The van der Waals surface area contributed by atoms with Gasteiger partial charge in [0.05, 0.1) is 0 Å². The second-order valence-corrected chi connectivity index (χ2v) is 4.71. The monoisotopic (exact) mass is 272 g/mol. The SMILES string of the molecule is NNC(c1cc2ccccc2o1)c1ccccc1Cl. The molecule has 0 radical (unpaired) electrons. The number of nitrogens with one attached hydrogen (secondary N) is 1. The topological polar surface area (TPSA) is 51.2 Å². The highest BCUT2D eigenvalue weighted by Crippen LogP contribution is 2.31. The predicted molar refractivity (Wildman–Crippen MR) is 76.8 cm³/mol. The summed E-state index contributed by atoms with van der Waals surface area (Å²) < 4.78 is 5.83. The first-order valence-corrected chi connectivity index (χ1v) is 6.36. The van der Waals surface area contributed by atoms with E-state index in [4.69, 9.17) is 21.9 Å². The number of hydrogen-bond acceptors (Lipinski definition) is 3. The second kappa shape index (κ2) is 5.05. The average Bonchev–Trinajstić information content (AvgIpc) is 2.85. The first-order chi connectivity index (χ1) is 9.29. The number of hydrogen-bond donors (Lipinski definition) is 2. The first-order valence-electron chi connectivity index (χ1n) is 5.98. The van der Waals surface area contributed by atoms with Crippen LogP contribution < -0.4 is 11.3 Å². The Hall–Kier alpha value is -1.81. The van der Waals surface area contributed by atoms with Crippen molar-refractivity contribution in [3.8, 4) is 0 Å². The highest BCUT2D eigenvalue weighted by molar-refractivity contribution is 6.31. The van der Waals surface area contributed by atoms with Crippen LogP contribution in [0.1, 0.15) is 17.4 Å². The van der Waals surface area contributed by atoms with Crippen molar-refractivity contribution in [1.82, 2.24) is 5.43 Å². The Labute approximate surface area is 115 Å². The zero-order chi connectivity index (χ0) is 13.2. The van der Waals surface area contributed by atoms with Crippen LogP contribution in [0.5, 0.6) is 0 Å². The quantitative estimate of drug-likeness (QED) is 0.565. The zero-order valence-electron chi connectivity index (χ0n) is 10.1. The van der Waals surface area contributed by atoms with Gasteiger partial charge < -0.3 is 4.42 Å². The van der Waals surface area contributed by atoms with Gasteiger partial charge in [-0.15, -0.1) is 0 Å². The molecule has 0 amide bonds. The molecule has 3 rings (SSSR count). The molecule has 1 aromatic heterocycles. The number of furan rings is 1. The molecule has 0 saturated heterocycles. The van der Waals surface area contributed by atoms with Gasteiger partial charge in [0.2, 0.25) is 0 Å². The van der Waals surface area contributed by atoms with Crippen LogP contribution in [-0.4, -0.2) is 0 Å². The number of rotatable bonds is 3. The zero-order valence-corrected chi connectivity index (χ0v) is 10.9. The molecule has 0 bridgehead atoms. The lowest BCUT2D eigenvalue weighted by molar-refractivity contribution is 0.477. The molecule has 0 fully saturated rings. The molecule has 3 nitrogen and oxygen atoms in total. The van der Waals surface area contributed by atoms with Gasteiger partial charge in [-0.05, 0) is 23.8 Å². The molecule has 96 valence electrons. The number of fused-ring (bicyclic) bond motifs is 1. The van der Waals surface area contributed by atoms with Gasteiger partial charge in [-0.1, -0.05) is 48.0 Å². The maximum atomic E-state index is 6.21. The van der Waals surface area contributed by atoms with Gasteiger partial charge in [0.1, 0.15) is 17.4 Å². The predicted octanol–water partition coefficient (Wildman–Crippen LogP) is 3.64. The molecule has 4 heteroatoms. The molecule has 3 N–H and O–H groups in total. The van der Waals surface area contributed by atoms with Crippen molar-refractivity contribution in [3.05, 3.63) is 70.9 Å². The Morgan fingerprint density at radius 3 is 2.53 bits per heavy atom. The fraction of sp³-hybridized carbons (Fsp3) is 0.0667. The molecular formula is C15H13ClN2O. The van der Waals surface area contributed by atoms with E-state index in [-0.39, 0.29) is 6.04 Å². The van der Waals surface area contributed by atoms with Crippen molar-refractivity contribution in [1.29, 1.82) is 0 Å². The molecular weight excluding hydrogens is 260 g/mol. The lowest BCUT2D eigenvalue weighted by Crippen LogP contribution is -2.28. The van der Waals surface area contributed by atoms with Crippen LogP contribution in [0, 0.1) is 0 Å². The summed E-state index contributed by atoms with van der Waals surface area (Å²) in [6.45, 7) is 0. The van der Waals surface area contributed by atoms with Gasteiger partial charge in [-0.2, -0.15) is 0 Å². The van der Waals surface area contributed by atoms with Crippen molar-refractivity contribution in [2.75, 3.05) is 0 Å². The van der Waals surface area contributed by atoms with Crippen molar-refractivity contribution in [3.63, 3.8) is 0 Å². The Bertz CT molecular complexity index is 675. The summed E-state index contributed by atoms with van der Waals surface area (Å²) in [5, 5.41) is 1.70. The lowest BCUT2D eigenvalue weighted by atomic mass is 10.0. The highest BCUT2D eigenvalue weighted by Gasteiger charge is 2.19. The second-order valence-electron chi connectivity index (χ2n) is 4.31. The number of para-hydroxylation sites is 1. The van der Waals surface area contributed by atoms with E-state index in [1.54, 1.807) is 0 Å². The Kier molecular flexibility index (Phi) is 3.25. The largest absolute Gasteiger partial charge is 0.459 e. The third kappa shape index (κ3) is 2.24. The summed E-state index contributed by atoms with van der Waals surface area (Å²) in [5.41, 5.74) is 4.49. The van der Waals surface area contributed by atoms with Crippen molar-refractivity contribution in [2.24, 2.45) is 5.84 Å². The molecule has 0 spiro atoms. The van der Waals surface area contributed by atoms with Crippen molar-refractivity contribution >= 4 is 22.6 Å². The summed E-state index contributed by atoms with van der Waals surface area (Å²) in [5.74, 6) is 6.41. The standard InChI is InChI=1S/C15H13ClN2O/c16-12-7-3-2-6-11(12)15(18-17)14-9-10-5-1-4-8-13(10)19-14/h1-9,15,18H,17H2. The van der Waals surface area contributed by atoms with Crippen molar-refractivity contribution in [2.45, 2.75) is 6.04 Å². The van der Waals surface area contributed by atoms with Crippen LogP contribution in [0.25, 0.3) is 11.0 Å². The Balaban J connectivity index is 2.09. The lowest BCUT2D eigenvalue weighted by Gasteiger charge is -2.14. The van der Waals surface area contributed by atoms with E-state index >= 15 is 0 Å². The fourth-order valence-electron chi connectivity index (χ4n) is 2.18. The molecule has 19 heavy (non-hydrogen) atoms. The highest BCUT2D eigenvalue weighted by atomic mass is 35.5. The number of hydrazine groups is 1. The van der Waals surface area contributed by atoms with E-state index in [1.807, 2.05) is 54.6 Å². The van der Waals surface area contributed by atoms with E-state index in [0.29, 0.717) is 5.02 Å². The average molecular weight is 273 g/mol. The smallest absolute Gasteiger partial charge is 0.134 e. The summed E-state index contributed by atoms with van der Waals surface area (Å²) in [6, 6.07) is 17.1. The normalized spacial score (nSPS) is 12.7. The molecule has 0 saturated carbocycles. The maximum absolute atomic E-state index is 6.21. The van der Waals surface area contributed by atoms with E-state index in [1.165, 1.54) is 0 Å². The Morgan fingerprint density at radius 2 is 1.79 bits per heavy atom. The van der Waals surface area contributed by atoms with Gasteiger partial charge in [0.25, 0.3) is 0 Å². The van der Waals surface area contributed by atoms with Crippen LogP contribution in [0.3, 0.4) is 0 Å². The van der Waals surface area contributed by atoms with Crippen molar-refractivity contribution < 1.29 is 4.42 Å². The van der Waals surface area contributed by atoms with Crippen LogP contribution in [0.2, 0.25) is 5.02 Å². The third-order valence-corrected chi connectivity index (χ3v) is 3.46. The number of benzene rings is 2. The summed E-state index contributed by atoms with van der Waals surface area (Å²) in [6.07, 6.45) is 0. The molecule has 1 heterocycles. The summed E-state index contributed by atoms with van der Waals surface area (Å²) in [7, 11) is 0. The van der Waals surface area contributed by atoms with Gasteiger partial charge in [0, 0.05) is 10.4 Å². The van der Waals surface area contributed by atoms with Crippen LogP contribution in [0.4, 0.5) is 0 Å². The molecule has 0 aliphatic rings. The van der Waals surface area contributed by atoms with Crippen LogP contribution >= 0.6 is 11.6 Å². The molecule has 0 aliphatic heterocycles. The maximum Gasteiger partial charge on any atom is 0.134 e. The molecule has 1 atom stereocenters. The fourth-order valence-corrected chi connectivity index (χ4v) is 2.42. The third-order valence-electron chi connectivity index (χ3n) is 3.11. The molecule has 2 aromatic carbocycles. The van der Waals surface area contributed by atoms with E-state index < -0.39 is 0 Å². The van der Waals surface area contributed by atoms with E-state index in [2.05, 4.69) is 5.43 Å².